The normalized spacial score (nSPS) is 31.7. The summed E-state index contributed by atoms with van der Waals surface area (Å²) in [6, 6.07) is 50.9. The Labute approximate surface area is 338 Å². The lowest BCUT2D eigenvalue weighted by molar-refractivity contribution is -0.0399. The van der Waals surface area contributed by atoms with Crippen LogP contribution in [0.3, 0.4) is 0 Å². The molecule has 15 rings (SSSR count). The van der Waals surface area contributed by atoms with Crippen LogP contribution < -0.4 is 4.90 Å². The third-order valence-corrected chi connectivity index (χ3v) is 17.9. The van der Waals surface area contributed by atoms with Gasteiger partial charge in [-0.1, -0.05) is 117 Å². The summed E-state index contributed by atoms with van der Waals surface area (Å²) in [7, 11) is 0. The molecule has 0 heterocycles. The minimum atomic E-state index is -0.0734. The molecule has 9 aliphatic carbocycles. The molecule has 0 aromatic heterocycles. The Hall–Kier alpha value is -4.88. The predicted octanol–water partition coefficient (Wildman–Crippen LogP) is 14.3. The molecule has 0 saturated heterocycles. The summed E-state index contributed by atoms with van der Waals surface area (Å²) in [6.45, 7) is 4.87. The molecular formula is C56H51N. The zero-order valence-electron chi connectivity index (χ0n) is 33.4. The number of hydrogen-bond donors (Lipinski definition) is 0. The maximum atomic E-state index is 2.72. The van der Waals surface area contributed by atoms with Gasteiger partial charge in [-0.05, 0) is 178 Å². The molecule has 0 radical (unpaired) electrons. The van der Waals surface area contributed by atoms with E-state index in [1.54, 1.807) is 22.3 Å². The fourth-order valence-corrected chi connectivity index (χ4v) is 16.1. The van der Waals surface area contributed by atoms with E-state index in [0.717, 1.165) is 35.5 Å². The second-order valence-electron chi connectivity index (χ2n) is 20.5. The van der Waals surface area contributed by atoms with Crippen LogP contribution in [0.25, 0.3) is 33.4 Å². The van der Waals surface area contributed by atoms with E-state index in [1.165, 1.54) is 119 Å². The van der Waals surface area contributed by atoms with Crippen molar-refractivity contribution in [3.63, 3.8) is 0 Å². The molecular weight excluding hydrogens is 687 g/mol. The first-order valence-electron chi connectivity index (χ1n) is 22.5. The van der Waals surface area contributed by atoms with E-state index in [1.807, 2.05) is 0 Å². The lowest BCUT2D eigenvalue weighted by Gasteiger charge is -2.61. The zero-order chi connectivity index (χ0) is 37.4. The summed E-state index contributed by atoms with van der Waals surface area (Å²) < 4.78 is 0. The Balaban J connectivity index is 1.03. The van der Waals surface area contributed by atoms with E-state index in [4.69, 9.17) is 0 Å². The maximum absolute atomic E-state index is 2.72. The highest BCUT2D eigenvalue weighted by molar-refractivity contribution is 5.97. The van der Waals surface area contributed by atoms with E-state index in [-0.39, 0.29) is 16.2 Å². The van der Waals surface area contributed by atoms with Gasteiger partial charge < -0.3 is 4.90 Å². The molecule has 6 bridgehead atoms. The molecule has 6 saturated carbocycles. The molecule has 1 unspecified atom stereocenters. The van der Waals surface area contributed by atoms with E-state index in [0.29, 0.717) is 0 Å². The van der Waals surface area contributed by atoms with Crippen molar-refractivity contribution >= 4 is 17.1 Å². The first-order valence-corrected chi connectivity index (χ1v) is 22.5. The molecule has 0 N–H and O–H groups in total. The number of anilines is 3. The topological polar surface area (TPSA) is 3.24 Å². The summed E-state index contributed by atoms with van der Waals surface area (Å²) in [5.74, 6) is 4.93. The van der Waals surface area contributed by atoms with Crippen LogP contribution in [0.5, 0.6) is 0 Å². The minimum absolute atomic E-state index is 0.0734. The van der Waals surface area contributed by atoms with Crippen LogP contribution in [-0.2, 0) is 16.2 Å². The van der Waals surface area contributed by atoms with Crippen molar-refractivity contribution in [2.75, 3.05) is 4.90 Å². The molecule has 1 heteroatoms. The highest BCUT2D eigenvalue weighted by atomic mass is 15.1. The summed E-state index contributed by atoms with van der Waals surface area (Å²) in [5, 5.41) is 0. The van der Waals surface area contributed by atoms with Gasteiger partial charge in [-0.15, -0.1) is 0 Å². The molecule has 6 aromatic rings. The van der Waals surface area contributed by atoms with Gasteiger partial charge in [0, 0.05) is 33.2 Å². The first-order chi connectivity index (χ1) is 27.9. The monoisotopic (exact) mass is 737 g/mol. The van der Waals surface area contributed by atoms with Gasteiger partial charge >= 0.3 is 0 Å². The fourth-order valence-electron chi connectivity index (χ4n) is 16.1. The van der Waals surface area contributed by atoms with Crippen LogP contribution in [-0.4, -0.2) is 0 Å². The molecule has 0 aliphatic heterocycles. The molecule has 2 spiro atoms. The average Bonchev–Trinajstić information content (AvgIpc) is 4.03. The van der Waals surface area contributed by atoms with E-state index in [9.17, 15) is 0 Å². The fraction of sp³-hybridized carbons (Fsp3) is 0.357. The molecule has 0 amide bonds. The number of hydrogen-bond acceptors (Lipinski definition) is 1. The Bertz CT molecular complexity index is 2700. The van der Waals surface area contributed by atoms with Gasteiger partial charge in [0.25, 0.3) is 0 Å². The van der Waals surface area contributed by atoms with Gasteiger partial charge in [0.2, 0.25) is 0 Å². The lowest BCUT2D eigenvalue weighted by atomic mass is 9.43. The summed E-state index contributed by atoms with van der Waals surface area (Å²) in [6.07, 6.45) is 12.6. The van der Waals surface area contributed by atoms with Gasteiger partial charge in [0.05, 0.1) is 5.69 Å². The molecule has 1 nitrogen and oxygen atoms in total. The van der Waals surface area contributed by atoms with Crippen molar-refractivity contribution in [3.05, 3.63) is 161 Å². The molecule has 9 aliphatic rings. The van der Waals surface area contributed by atoms with Crippen molar-refractivity contribution in [1.29, 1.82) is 0 Å². The van der Waals surface area contributed by atoms with Crippen molar-refractivity contribution in [2.45, 2.75) is 87.9 Å². The molecule has 57 heavy (non-hydrogen) atoms. The van der Waals surface area contributed by atoms with Crippen LogP contribution >= 0.6 is 0 Å². The Morgan fingerprint density at radius 3 is 1.68 bits per heavy atom. The molecule has 6 fully saturated rings. The number of benzene rings is 6. The second kappa shape index (κ2) is 10.8. The standard InChI is InChI=1S/C56H51N/c1-54(2)46-13-6-3-10-41(46)43-22-20-39(30-50(43)54)57(52-17-9-16-49-53(52)45-12-5-7-14-47(45)55(49)32-33-18-19-36(55)25-33)40-21-23-44-42-11-4-8-15-48(42)56(51(44)31-40)37-26-34-24-35(28-37)29-38(56)27-34/h3-17,20-23,30-31,33-38H,18-19,24-29,32H2,1-2H3/t33?,34?,35?,36-,37?,38?,55-,56?/m0/s1. The van der Waals surface area contributed by atoms with Crippen molar-refractivity contribution in [1.82, 2.24) is 0 Å². The number of nitrogens with zero attached hydrogens (tertiary/aromatic N) is 1. The predicted molar refractivity (Wildman–Crippen MR) is 234 cm³/mol. The third kappa shape index (κ3) is 3.80. The minimum Gasteiger partial charge on any atom is -0.310 e. The number of rotatable bonds is 3. The lowest BCUT2D eigenvalue weighted by Crippen LogP contribution is -2.55. The molecule has 280 valence electrons. The van der Waals surface area contributed by atoms with Gasteiger partial charge in [-0.25, -0.2) is 0 Å². The van der Waals surface area contributed by atoms with E-state index >= 15 is 0 Å². The van der Waals surface area contributed by atoms with Crippen molar-refractivity contribution in [2.24, 2.45) is 35.5 Å². The van der Waals surface area contributed by atoms with E-state index < -0.39 is 0 Å². The Kier molecular flexibility index (Phi) is 6.08. The first kappa shape index (κ1) is 32.1. The summed E-state index contributed by atoms with van der Waals surface area (Å²) in [5.41, 5.74) is 22.2. The van der Waals surface area contributed by atoms with E-state index in [2.05, 4.69) is 146 Å². The Morgan fingerprint density at radius 2 is 1.00 bits per heavy atom. The number of fused-ring (bicyclic) bond motifs is 14. The second-order valence-corrected chi connectivity index (χ2v) is 20.5. The van der Waals surface area contributed by atoms with Crippen LogP contribution in [0.2, 0.25) is 0 Å². The SMILES string of the molecule is CC1(C)c2ccccc2-c2ccc(N(c3ccc4c(c3)C3(c5ccccc5-4)C4CC5CC(C4)CC3C5)c3cccc4c3-c3ccccc3[C@@]43CC4CC[C@H]3C4)cc21. The highest BCUT2D eigenvalue weighted by Gasteiger charge is 2.62. The van der Waals surface area contributed by atoms with Gasteiger partial charge in [0.1, 0.15) is 0 Å². The summed E-state index contributed by atoms with van der Waals surface area (Å²) >= 11 is 0. The molecule has 6 aromatic carbocycles. The van der Waals surface area contributed by atoms with Crippen molar-refractivity contribution in [3.8, 4) is 33.4 Å². The summed E-state index contributed by atoms with van der Waals surface area (Å²) in [4.78, 5) is 2.72. The largest absolute Gasteiger partial charge is 0.310 e. The van der Waals surface area contributed by atoms with Gasteiger partial charge in [0.15, 0.2) is 0 Å². The quantitative estimate of drug-likeness (QED) is 0.175. The average molecular weight is 738 g/mol. The van der Waals surface area contributed by atoms with Crippen LogP contribution in [0, 0.1) is 35.5 Å². The van der Waals surface area contributed by atoms with Gasteiger partial charge in [-0.3, -0.25) is 0 Å². The smallest absolute Gasteiger partial charge is 0.0543 e. The Morgan fingerprint density at radius 1 is 0.439 bits per heavy atom. The van der Waals surface area contributed by atoms with Crippen LogP contribution in [0.4, 0.5) is 17.1 Å². The van der Waals surface area contributed by atoms with Crippen LogP contribution in [0.1, 0.15) is 105 Å². The van der Waals surface area contributed by atoms with Gasteiger partial charge in [-0.2, -0.15) is 0 Å². The maximum Gasteiger partial charge on any atom is 0.0543 e. The zero-order valence-corrected chi connectivity index (χ0v) is 33.4. The molecule has 3 atom stereocenters. The van der Waals surface area contributed by atoms with Crippen LogP contribution in [0.15, 0.2) is 127 Å². The third-order valence-electron chi connectivity index (χ3n) is 17.9. The van der Waals surface area contributed by atoms with Crippen molar-refractivity contribution < 1.29 is 0 Å². The highest BCUT2D eigenvalue weighted by Crippen LogP contribution is 2.71.